The fourth-order valence-electron chi connectivity index (χ4n) is 2.38. The fourth-order valence-corrected chi connectivity index (χ4v) is 2.38. The van der Waals surface area contributed by atoms with Crippen LogP contribution in [-0.4, -0.2) is 40.1 Å². The van der Waals surface area contributed by atoms with Gasteiger partial charge in [-0.25, -0.2) is 0 Å². The number of aldehydes is 1. The van der Waals surface area contributed by atoms with Crippen LogP contribution in [0.5, 0.6) is 0 Å². The smallest absolute Gasteiger partial charge is 0.228 e. The molecule has 6 heteroatoms. The van der Waals surface area contributed by atoms with Crippen molar-refractivity contribution in [2.24, 2.45) is 0 Å². The average Bonchev–Trinajstić information content (AvgIpc) is 2.44. The normalized spacial score (nSPS) is 53.5. The summed E-state index contributed by atoms with van der Waals surface area (Å²) < 4.78 is 16.1. The van der Waals surface area contributed by atoms with Gasteiger partial charge < -0.3 is 19.3 Å². The Balaban J connectivity index is 2.36. The molecule has 2 fully saturated rings. The second-order valence-corrected chi connectivity index (χ2v) is 5.13. The number of rotatable bonds is 2. The predicted molar refractivity (Wildman–Crippen MR) is 54.8 cm³/mol. The lowest BCUT2D eigenvalue weighted by Crippen LogP contribution is -2.45. The molecule has 0 aliphatic carbocycles. The maximum Gasteiger partial charge on any atom is 0.228 e. The number of carbonyl (C=O) groups excluding carboxylic acids is 2. The zero-order valence-corrected chi connectivity index (χ0v) is 10.3. The molecule has 2 aliphatic rings. The van der Waals surface area contributed by atoms with Crippen LogP contribution in [0.4, 0.5) is 0 Å². The summed E-state index contributed by atoms with van der Waals surface area (Å²) >= 11 is 0. The highest BCUT2D eigenvalue weighted by Crippen LogP contribution is 2.54. The van der Waals surface area contributed by atoms with Gasteiger partial charge in [-0.15, -0.1) is 0 Å². The molecule has 6 nitrogen and oxygen atoms in total. The van der Waals surface area contributed by atoms with Gasteiger partial charge in [-0.3, -0.25) is 9.59 Å². The van der Waals surface area contributed by atoms with Crippen molar-refractivity contribution in [1.29, 1.82) is 0 Å². The van der Waals surface area contributed by atoms with Crippen LogP contribution < -0.4 is 0 Å². The molecule has 1 unspecified atom stereocenters. The molecular formula is C11H16O6. The van der Waals surface area contributed by atoms with E-state index in [0.717, 1.165) is 0 Å². The van der Waals surface area contributed by atoms with Crippen LogP contribution in [0, 0.1) is 0 Å². The number of fused-ring (bicyclic) bond motifs is 1. The number of ether oxygens (including phenoxy) is 3. The van der Waals surface area contributed by atoms with E-state index in [9.17, 15) is 14.7 Å². The molecule has 1 N–H and O–H groups in total. The zero-order valence-electron chi connectivity index (χ0n) is 10.3. The summed E-state index contributed by atoms with van der Waals surface area (Å²) in [6, 6.07) is 0. The van der Waals surface area contributed by atoms with E-state index >= 15 is 0 Å². The van der Waals surface area contributed by atoms with E-state index in [-0.39, 0.29) is 12.2 Å². The van der Waals surface area contributed by atoms with E-state index in [0.29, 0.717) is 6.29 Å². The van der Waals surface area contributed by atoms with Gasteiger partial charge in [-0.05, 0) is 27.7 Å². The third-order valence-corrected chi connectivity index (χ3v) is 3.43. The molecule has 0 amide bonds. The van der Waals surface area contributed by atoms with E-state index < -0.39 is 23.0 Å². The van der Waals surface area contributed by atoms with Gasteiger partial charge in [0.05, 0.1) is 0 Å². The van der Waals surface area contributed by atoms with Gasteiger partial charge in [0.15, 0.2) is 12.1 Å². The molecule has 0 saturated carbocycles. The van der Waals surface area contributed by atoms with Crippen molar-refractivity contribution >= 4 is 12.1 Å². The molecule has 4 atom stereocenters. The van der Waals surface area contributed by atoms with Crippen molar-refractivity contribution in [2.75, 3.05) is 0 Å². The van der Waals surface area contributed by atoms with Crippen LogP contribution in [0.3, 0.4) is 0 Å². The van der Waals surface area contributed by atoms with E-state index in [2.05, 4.69) is 0 Å². The van der Waals surface area contributed by atoms with Gasteiger partial charge in [0, 0.05) is 6.42 Å². The van der Waals surface area contributed by atoms with E-state index in [1.807, 2.05) is 0 Å². The molecule has 2 rings (SSSR count). The van der Waals surface area contributed by atoms with E-state index in [4.69, 9.17) is 14.2 Å². The maximum absolute atomic E-state index is 11.5. The number of carbonyl (C=O) groups is 2. The summed E-state index contributed by atoms with van der Waals surface area (Å²) in [7, 11) is 0. The first-order chi connectivity index (χ1) is 7.58. The quantitative estimate of drug-likeness (QED) is 0.695. The van der Waals surface area contributed by atoms with Crippen LogP contribution >= 0.6 is 0 Å². The topological polar surface area (TPSA) is 82.1 Å². The van der Waals surface area contributed by atoms with Crippen LogP contribution in [0.15, 0.2) is 0 Å². The summed E-state index contributed by atoms with van der Waals surface area (Å²) in [6.45, 7) is 5.76. The number of hydrogen-bond donors (Lipinski definition) is 1. The zero-order chi connectivity index (χ0) is 13.1. The third kappa shape index (κ3) is 1.55. The summed E-state index contributed by atoms with van der Waals surface area (Å²) in [5.41, 5.74) is -1.17. The van der Waals surface area contributed by atoms with Crippen molar-refractivity contribution in [3.8, 4) is 0 Å². The third-order valence-electron chi connectivity index (χ3n) is 3.43. The lowest BCUT2D eigenvalue weighted by Gasteiger charge is -2.28. The van der Waals surface area contributed by atoms with Gasteiger partial charge >= 0.3 is 0 Å². The van der Waals surface area contributed by atoms with E-state index in [1.165, 1.54) is 20.8 Å². The summed E-state index contributed by atoms with van der Waals surface area (Å²) in [4.78, 5) is 22.4. The Hall–Kier alpha value is -0.820. The molecule has 2 saturated heterocycles. The number of ketones is 1. The predicted octanol–water partition coefficient (Wildman–Crippen LogP) is 0.121. The highest BCUT2D eigenvalue weighted by Gasteiger charge is 2.72. The minimum Gasteiger partial charge on any atom is -0.361 e. The molecule has 0 radical (unpaired) electrons. The van der Waals surface area contributed by atoms with Crippen molar-refractivity contribution in [2.45, 2.75) is 57.1 Å². The molecule has 0 spiro atoms. The molecule has 0 aromatic carbocycles. The largest absolute Gasteiger partial charge is 0.361 e. The lowest BCUT2D eigenvalue weighted by atomic mass is 9.94. The molecule has 2 aliphatic heterocycles. The highest BCUT2D eigenvalue weighted by molar-refractivity contribution is 5.85. The monoisotopic (exact) mass is 244 g/mol. The van der Waals surface area contributed by atoms with Crippen molar-refractivity contribution in [3.63, 3.8) is 0 Å². The van der Waals surface area contributed by atoms with Gasteiger partial charge in [-0.1, -0.05) is 0 Å². The SMILES string of the molecule is CC(=O)[C@]1(C)CC2(O)O[C@](C)(C=O)O[C@@]2(C)O1. The fraction of sp³-hybridized carbons (Fsp3) is 0.818. The first-order valence-electron chi connectivity index (χ1n) is 5.38. The Kier molecular flexibility index (Phi) is 2.33. The molecule has 96 valence electrons. The molecule has 0 aromatic heterocycles. The Bertz CT molecular complexity index is 371. The van der Waals surface area contributed by atoms with E-state index in [1.54, 1.807) is 6.92 Å². The van der Waals surface area contributed by atoms with Crippen LogP contribution in [0.2, 0.25) is 0 Å². The van der Waals surface area contributed by atoms with Crippen molar-refractivity contribution < 1.29 is 28.9 Å². The molecular weight excluding hydrogens is 228 g/mol. The molecule has 17 heavy (non-hydrogen) atoms. The van der Waals surface area contributed by atoms with Crippen molar-refractivity contribution in [3.05, 3.63) is 0 Å². The lowest BCUT2D eigenvalue weighted by molar-refractivity contribution is -0.270. The van der Waals surface area contributed by atoms with Crippen LogP contribution in [-0.2, 0) is 23.8 Å². The maximum atomic E-state index is 11.5. The number of hydrogen-bond acceptors (Lipinski definition) is 6. The van der Waals surface area contributed by atoms with Crippen LogP contribution in [0.25, 0.3) is 0 Å². The summed E-state index contributed by atoms with van der Waals surface area (Å²) in [5.74, 6) is -5.12. The highest BCUT2D eigenvalue weighted by atomic mass is 16.9. The molecule has 2 heterocycles. The Morgan fingerprint density at radius 3 is 2.24 bits per heavy atom. The van der Waals surface area contributed by atoms with Gasteiger partial charge in [0.25, 0.3) is 0 Å². The van der Waals surface area contributed by atoms with Crippen LogP contribution in [0.1, 0.15) is 34.1 Å². The molecule has 0 aromatic rings. The molecule has 0 bridgehead atoms. The Morgan fingerprint density at radius 2 is 1.82 bits per heavy atom. The number of Topliss-reactive ketones (excluding diaryl/α,β-unsaturated/α-hetero) is 1. The van der Waals surface area contributed by atoms with Gasteiger partial charge in [0.1, 0.15) is 5.60 Å². The Labute approximate surface area is 98.8 Å². The number of aliphatic hydroxyl groups is 1. The van der Waals surface area contributed by atoms with Crippen molar-refractivity contribution in [1.82, 2.24) is 0 Å². The summed E-state index contributed by atoms with van der Waals surface area (Å²) in [5, 5.41) is 10.4. The minimum atomic E-state index is -1.80. The average molecular weight is 244 g/mol. The standard InChI is InChI=1S/C11H16O6/c1-7(13)8(2)5-11(14)10(4,15-8)16-9(3,6-12)17-11/h6,14H,5H2,1-4H3/t8-,9+,10+,11?/m0/s1. The second-order valence-electron chi connectivity index (χ2n) is 5.13. The van der Waals surface area contributed by atoms with Gasteiger partial charge in [0.2, 0.25) is 17.4 Å². The first-order valence-corrected chi connectivity index (χ1v) is 5.38. The van der Waals surface area contributed by atoms with Gasteiger partial charge in [-0.2, -0.15) is 0 Å². The second kappa shape index (κ2) is 3.14. The minimum absolute atomic E-state index is 0.0741. The summed E-state index contributed by atoms with van der Waals surface area (Å²) in [6.07, 6.45) is 0.373. The Morgan fingerprint density at radius 1 is 1.24 bits per heavy atom. The first kappa shape index (κ1) is 12.6.